The molecule has 1 saturated heterocycles. The number of hydrogen-bond acceptors (Lipinski definition) is 9. The van der Waals surface area contributed by atoms with Crippen LogP contribution >= 0.6 is 23.5 Å². The highest BCUT2D eigenvalue weighted by molar-refractivity contribution is 7.66. The number of urea groups is 1. The summed E-state index contributed by atoms with van der Waals surface area (Å²) in [5, 5.41) is 12.5. The number of phosphoric acid groups is 3. The van der Waals surface area contributed by atoms with Gasteiger partial charge in [-0.15, -0.1) is 0 Å². The van der Waals surface area contributed by atoms with Crippen molar-refractivity contribution < 1.29 is 69.8 Å². The van der Waals surface area contributed by atoms with Crippen molar-refractivity contribution in [3.05, 3.63) is 24.6 Å². The van der Waals surface area contributed by atoms with E-state index in [0.717, 1.165) is 6.20 Å². The molecule has 2 aliphatic rings. The Morgan fingerprint density at radius 2 is 1.84 bits per heavy atom. The third kappa shape index (κ3) is 6.48. The second-order valence-corrected chi connectivity index (χ2v) is 10.5. The molecule has 15 nitrogen and oxygen atoms in total. The molecule has 3 unspecified atom stereocenters. The number of amides is 2. The molecule has 20 heteroatoms. The lowest BCUT2D eigenvalue weighted by Crippen LogP contribution is -2.57. The SMILES string of the molecule is C=C1C=CN([C@@H]2O[C@H](COP(=O)(O)OP(=O)(O)OP(=O)(O)O)[C@H](F)C2(O)CF)C(=O)N1. The first-order chi connectivity index (χ1) is 14.0. The Bertz CT molecular complexity index is 911. The molecule has 0 aromatic rings. The Kier molecular flexibility index (Phi) is 7.65. The molecule has 0 spiro atoms. The van der Waals surface area contributed by atoms with E-state index in [-0.39, 0.29) is 5.70 Å². The zero-order valence-electron chi connectivity index (χ0n) is 15.1. The molecule has 178 valence electrons. The molecule has 0 radical (unpaired) electrons. The van der Waals surface area contributed by atoms with Gasteiger partial charge in [0.2, 0.25) is 0 Å². The molecule has 6 N–H and O–H groups in total. The van der Waals surface area contributed by atoms with Gasteiger partial charge in [-0.1, -0.05) is 6.58 Å². The van der Waals surface area contributed by atoms with Crippen LogP contribution in [0.2, 0.25) is 0 Å². The number of phosphoric ester groups is 1. The first-order valence-electron chi connectivity index (χ1n) is 7.82. The second-order valence-electron chi connectivity index (χ2n) is 6.12. The van der Waals surface area contributed by atoms with Crippen LogP contribution in [0.1, 0.15) is 0 Å². The number of carbonyl (C=O) groups is 1. The Balaban J connectivity index is 2.12. The number of halogens is 2. The second kappa shape index (κ2) is 9.06. The highest BCUT2D eigenvalue weighted by Gasteiger charge is 2.60. The smallest absolute Gasteiger partial charge is 0.379 e. The summed E-state index contributed by atoms with van der Waals surface area (Å²) in [4.78, 5) is 47.9. The maximum absolute atomic E-state index is 14.6. The predicted octanol–water partition coefficient (Wildman–Crippen LogP) is 0.146. The lowest BCUT2D eigenvalue weighted by atomic mass is 9.96. The Hall–Kier alpha value is -1.06. The monoisotopic (exact) mass is 516 g/mol. The van der Waals surface area contributed by atoms with E-state index in [1.54, 1.807) is 0 Å². The molecule has 0 bridgehead atoms. The summed E-state index contributed by atoms with van der Waals surface area (Å²) in [5.41, 5.74) is -2.81. The molecule has 2 rings (SSSR count). The van der Waals surface area contributed by atoms with Crippen LogP contribution in [0.3, 0.4) is 0 Å². The average Bonchev–Trinajstić information content (AvgIpc) is 2.82. The number of hydrogen-bond donors (Lipinski definition) is 6. The number of aliphatic hydroxyl groups is 1. The lowest BCUT2D eigenvalue weighted by molar-refractivity contribution is -0.119. The molecule has 0 aromatic heterocycles. The molecule has 0 aliphatic carbocycles. The molecule has 2 aliphatic heterocycles. The first kappa shape index (κ1) is 26.2. The van der Waals surface area contributed by atoms with Crippen molar-refractivity contribution in [2.24, 2.45) is 0 Å². The number of nitrogens with one attached hydrogen (secondary N) is 1. The van der Waals surface area contributed by atoms with Gasteiger partial charge in [-0.05, 0) is 6.08 Å². The zero-order valence-corrected chi connectivity index (χ0v) is 17.7. The van der Waals surface area contributed by atoms with Gasteiger partial charge in [-0.3, -0.25) is 9.42 Å². The summed E-state index contributed by atoms with van der Waals surface area (Å²) in [6, 6.07) is -0.967. The maximum atomic E-state index is 14.6. The number of carbonyl (C=O) groups excluding carboxylic acids is 1. The van der Waals surface area contributed by atoms with Gasteiger partial charge in [0.15, 0.2) is 18.0 Å². The fraction of sp³-hybridized carbons (Fsp3) is 0.545. The first-order valence-corrected chi connectivity index (χ1v) is 12.3. The van der Waals surface area contributed by atoms with E-state index in [2.05, 4.69) is 25.0 Å². The van der Waals surface area contributed by atoms with E-state index in [1.807, 2.05) is 0 Å². The lowest BCUT2D eigenvalue weighted by Gasteiger charge is -2.35. The van der Waals surface area contributed by atoms with E-state index in [9.17, 15) is 37.3 Å². The van der Waals surface area contributed by atoms with E-state index in [0.29, 0.717) is 4.90 Å². The van der Waals surface area contributed by atoms with Crippen molar-refractivity contribution >= 4 is 29.5 Å². The van der Waals surface area contributed by atoms with Gasteiger partial charge < -0.3 is 34.7 Å². The number of ether oxygens (including phenoxy) is 1. The zero-order chi connectivity index (χ0) is 23.8. The van der Waals surface area contributed by atoms with Crippen LogP contribution in [0.5, 0.6) is 0 Å². The van der Waals surface area contributed by atoms with Gasteiger partial charge in [0, 0.05) is 11.9 Å². The number of allylic oxidation sites excluding steroid dienone is 1. The third-order valence-corrected chi connectivity index (χ3v) is 7.56. The minimum Gasteiger partial charge on any atom is -0.379 e. The van der Waals surface area contributed by atoms with Gasteiger partial charge in [-0.2, -0.15) is 8.62 Å². The quantitative estimate of drug-likeness (QED) is 0.225. The van der Waals surface area contributed by atoms with Crippen molar-refractivity contribution in [2.75, 3.05) is 13.3 Å². The van der Waals surface area contributed by atoms with Gasteiger partial charge >= 0.3 is 29.5 Å². The standard InChI is InChI=1S/C11H17F2N2O13P3/c1-6-2-3-15(10(16)14-6)9-11(17,5-12)8(13)7(26-9)4-25-30(21,22)28-31(23,24)27-29(18,19)20/h2-3,7-9,17H,1,4-5H2,(H,14,16)(H,21,22)(H,23,24)(H2,18,19,20)/t7-,8+,9-,11?/m1/s1. The number of alkyl halides is 2. The minimum atomic E-state index is -5.82. The Morgan fingerprint density at radius 3 is 2.35 bits per heavy atom. The predicted molar refractivity (Wildman–Crippen MR) is 92.9 cm³/mol. The Labute approximate surface area is 172 Å². The van der Waals surface area contributed by atoms with Crippen LogP contribution in [0.25, 0.3) is 0 Å². The van der Waals surface area contributed by atoms with E-state index >= 15 is 0 Å². The molecular formula is C11H17F2N2O13P3. The molecule has 31 heavy (non-hydrogen) atoms. The topological polar surface area (TPSA) is 222 Å². The largest absolute Gasteiger partial charge is 0.490 e. The van der Waals surface area contributed by atoms with Crippen LogP contribution in [0.15, 0.2) is 24.6 Å². The number of nitrogens with zero attached hydrogens (tertiary/aromatic N) is 1. The van der Waals surface area contributed by atoms with E-state index in [4.69, 9.17) is 19.4 Å². The molecule has 6 atom stereocenters. The van der Waals surface area contributed by atoms with Gasteiger partial charge in [0.25, 0.3) is 0 Å². The summed E-state index contributed by atoms with van der Waals surface area (Å²) in [6.45, 7) is 0.371. The Morgan fingerprint density at radius 1 is 1.23 bits per heavy atom. The molecule has 0 saturated carbocycles. The van der Waals surface area contributed by atoms with Crippen molar-refractivity contribution in [1.82, 2.24) is 10.2 Å². The van der Waals surface area contributed by atoms with Crippen LogP contribution in [0.4, 0.5) is 13.6 Å². The van der Waals surface area contributed by atoms with E-state index < -0.39 is 66.9 Å². The van der Waals surface area contributed by atoms with Crippen molar-refractivity contribution in [3.8, 4) is 0 Å². The van der Waals surface area contributed by atoms with Gasteiger partial charge in [-0.25, -0.2) is 27.3 Å². The summed E-state index contributed by atoms with van der Waals surface area (Å²) in [7, 11) is -17.1. The van der Waals surface area contributed by atoms with E-state index in [1.165, 1.54) is 6.08 Å². The summed E-state index contributed by atoms with van der Waals surface area (Å²) in [5.74, 6) is 0. The van der Waals surface area contributed by atoms with Crippen LogP contribution in [-0.2, 0) is 31.6 Å². The number of rotatable bonds is 9. The molecule has 2 amide bonds. The van der Waals surface area contributed by atoms with Gasteiger partial charge in [0.1, 0.15) is 12.8 Å². The molecule has 1 fully saturated rings. The summed E-state index contributed by atoms with van der Waals surface area (Å²) < 4.78 is 77.9. The van der Waals surface area contributed by atoms with Crippen LogP contribution < -0.4 is 5.32 Å². The van der Waals surface area contributed by atoms with Crippen LogP contribution in [0, 0.1) is 0 Å². The van der Waals surface area contributed by atoms with Crippen LogP contribution in [-0.4, -0.2) is 73.0 Å². The normalized spacial score (nSPS) is 33.1. The summed E-state index contributed by atoms with van der Waals surface area (Å²) in [6.07, 6.45) is -4.38. The van der Waals surface area contributed by atoms with Crippen molar-refractivity contribution in [2.45, 2.75) is 24.1 Å². The highest BCUT2D eigenvalue weighted by Crippen LogP contribution is 2.66. The molecule has 0 aromatic carbocycles. The van der Waals surface area contributed by atoms with Crippen molar-refractivity contribution in [3.63, 3.8) is 0 Å². The van der Waals surface area contributed by atoms with Crippen molar-refractivity contribution in [1.29, 1.82) is 0 Å². The maximum Gasteiger partial charge on any atom is 0.490 e. The minimum absolute atomic E-state index is 0.129. The van der Waals surface area contributed by atoms with Gasteiger partial charge in [0.05, 0.1) is 6.61 Å². The fourth-order valence-electron chi connectivity index (χ4n) is 2.52. The average molecular weight is 516 g/mol. The fourth-order valence-corrected chi connectivity index (χ4v) is 5.55. The summed E-state index contributed by atoms with van der Waals surface area (Å²) >= 11 is 0. The highest BCUT2D eigenvalue weighted by atomic mass is 31.3. The molecular weight excluding hydrogens is 499 g/mol. The third-order valence-electron chi connectivity index (χ3n) is 3.76. The molecule has 2 heterocycles.